The molecular formula is C29H24ClN5O3. The summed E-state index contributed by atoms with van der Waals surface area (Å²) in [5.74, 6) is -0.564. The number of nitriles is 1. The second-order valence-electron chi connectivity index (χ2n) is 8.94. The highest BCUT2D eigenvalue weighted by molar-refractivity contribution is 6.32. The Balaban J connectivity index is 1.47. The van der Waals surface area contributed by atoms with Crippen molar-refractivity contribution >= 4 is 23.3 Å². The number of nitrogens with two attached hydrogens (primary N) is 1. The van der Waals surface area contributed by atoms with Gasteiger partial charge < -0.3 is 10.5 Å². The minimum Gasteiger partial charge on any atom is -0.489 e. The van der Waals surface area contributed by atoms with Gasteiger partial charge in [-0.15, -0.1) is 0 Å². The molecule has 8 nitrogen and oxygen atoms in total. The van der Waals surface area contributed by atoms with Crippen LogP contribution in [0.25, 0.3) is 0 Å². The standard InChI is InChI=1S/C29H24ClN5O3/c30-27-21(8-5-15-33-27)29(37)34-35-23-9-4-10-24(36)26(23)25(22(16-31)28(35)32)19-11-13-20(14-12-19)38-17-18-6-2-1-3-7-18/h1-3,5-8,11-15,25H,4,9-10,17,32H2,(H,34,37). The van der Waals surface area contributed by atoms with Gasteiger partial charge >= 0.3 is 0 Å². The summed E-state index contributed by atoms with van der Waals surface area (Å²) < 4.78 is 5.90. The van der Waals surface area contributed by atoms with E-state index in [9.17, 15) is 14.9 Å². The number of carbonyl (C=O) groups excluding carboxylic acids is 2. The number of benzene rings is 2. The zero-order chi connectivity index (χ0) is 26.6. The lowest BCUT2D eigenvalue weighted by Gasteiger charge is -2.39. The van der Waals surface area contributed by atoms with E-state index in [-0.39, 0.29) is 27.9 Å². The van der Waals surface area contributed by atoms with Gasteiger partial charge in [-0.1, -0.05) is 54.1 Å². The van der Waals surface area contributed by atoms with Gasteiger partial charge in [0.15, 0.2) is 5.78 Å². The number of Topliss-reactive ketones (excluding diaryl/α,β-unsaturated/α-hetero) is 1. The van der Waals surface area contributed by atoms with E-state index in [1.807, 2.05) is 54.6 Å². The van der Waals surface area contributed by atoms with Gasteiger partial charge in [0, 0.05) is 23.9 Å². The molecule has 1 aromatic heterocycles. The highest BCUT2D eigenvalue weighted by Crippen LogP contribution is 2.44. The average molecular weight is 526 g/mol. The van der Waals surface area contributed by atoms with Crippen LogP contribution >= 0.6 is 11.6 Å². The van der Waals surface area contributed by atoms with Crippen molar-refractivity contribution in [2.24, 2.45) is 5.73 Å². The van der Waals surface area contributed by atoms with Crippen molar-refractivity contribution in [2.45, 2.75) is 31.8 Å². The first-order valence-corrected chi connectivity index (χ1v) is 12.5. The molecule has 1 aliphatic carbocycles. The molecule has 3 aromatic rings. The van der Waals surface area contributed by atoms with Gasteiger partial charge in [-0.2, -0.15) is 5.26 Å². The molecule has 190 valence electrons. The number of hydrogen-bond acceptors (Lipinski definition) is 7. The lowest BCUT2D eigenvalue weighted by atomic mass is 9.76. The Morgan fingerprint density at radius 1 is 1.13 bits per heavy atom. The smallest absolute Gasteiger partial charge is 0.273 e. The Morgan fingerprint density at radius 3 is 2.61 bits per heavy atom. The van der Waals surface area contributed by atoms with Crippen LogP contribution in [0.4, 0.5) is 0 Å². The number of nitrogens with one attached hydrogen (secondary N) is 1. The van der Waals surface area contributed by atoms with Crippen molar-refractivity contribution < 1.29 is 14.3 Å². The first-order valence-electron chi connectivity index (χ1n) is 12.1. The summed E-state index contributed by atoms with van der Waals surface area (Å²) in [7, 11) is 0. The van der Waals surface area contributed by atoms with Crippen LogP contribution in [-0.2, 0) is 11.4 Å². The maximum Gasteiger partial charge on any atom is 0.273 e. The molecule has 0 saturated heterocycles. The Morgan fingerprint density at radius 2 is 1.89 bits per heavy atom. The van der Waals surface area contributed by atoms with Gasteiger partial charge in [-0.25, -0.2) is 9.99 Å². The van der Waals surface area contributed by atoms with E-state index >= 15 is 0 Å². The van der Waals surface area contributed by atoms with E-state index in [4.69, 9.17) is 22.1 Å². The maximum absolute atomic E-state index is 13.2. The number of ether oxygens (including phenoxy) is 1. The fraction of sp³-hybridized carbons (Fsp3) is 0.172. The Labute approximate surface area is 225 Å². The summed E-state index contributed by atoms with van der Waals surface area (Å²) in [5, 5.41) is 11.5. The molecule has 38 heavy (non-hydrogen) atoms. The molecule has 2 aliphatic rings. The van der Waals surface area contributed by atoms with E-state index in [0.717, 1.165) is 11.1 Å². The van der Waals surface area contributed by atoms with Crippen molar-refractivity contribution in [3.8, 4) is 11.8 Å². The molecule has 1 unspecified atom stereocenters. The third-order valence-electron chi connectivity index (χ3n) is 6.59. The molecule has 1 amide bonds. The molecule has 1 aliphatic heterocycles. The molecule has 0 radical (unpaired) electrons. The predicted molar refractivity (Wildman–Crippen MR) is 141 cm³/mol. The van der Waals surface area contributed by atoms with E-state index in [2.05, 4.69) is 16.5 Å². The molecule has 0 bridgehead atoms. The highest BCUT2D eigenvalue weighted by Gasteiger charge is 2.40. The third-order valence-corrected chi connectivity index (χ3v) is 6.89. The number of ketones is 1. The summed E-state index contributed by atoms with van der Waals surface area (Å²) in [4.78, 5) is 30.2. The number of hydrazine groups is 1. The fourth-order valence-corrected chi connectivity index (χ4v) is 4.97. The van der Waals surface area contributed by atoms with Gasteiger partial charge in [0.25, 0.3) is 5.91 Å². The monoisotopic (exact) mass is 525 g/mol. The molecule has 2 heterocycles. The van der Waals surface area contributed by atoms with E-state index in [1.54, 1.807) is 6.07 Å². The van der Waals surface area contributed by atoms with E-state index in [0.29, 0.717) is 42.9 Å². The van der Waals surface area contributed by atoms with Crippen molar-refractivity contribution in [3.63, 3.8) is 0 Å². The third kappa shape index (κ3) is 4.84. The Kier molecular flexibility index (Phi) is 7.11. The molecule has 2 aromatic carbocycles. The minimum absolute atomic E-state index is 0.0337. The first kappa shape index (κ1) is 25.1. The van der Waals surface area contributed by atoms with Crippen molar-refractivity contribution in [3.05, 3.63) is 117 Å². The van der Waals surface area contributed by atoms with Crippen LogP contribution in [-0.4, -0.2) is 21.7 Å². The second kappa shape index (κ2) is 10.8. The molecule has 5 rings (SSSR count). The van der Waals surface area contributed by atoms with Crippen LogP contribution in [0.3, 0.4) is 0 Å². The molecule has 1 atom stereocenters. The number of aromatic nitrogens is 1. The lowest BCUT2D eigenvalue weighted by Crippen LogP contribution is -2.48. The summed E-state index contributed by atoms with van der Waals surface area (Å²) in [5.41, 5.74) is 12.3. The van der Waals surface area contributed by atoms with Gasteiger partial charge in [0.1, 0.15) is 23.3 Å². The Bertz CT molecular complexity index is 1490. The number of rotatable bonds is 6. The van der Waals surface area contributed by atoms with Crippen molar-refractivity contribution in [1.29, 1.82) is 5.26 Å². The molecule has 9 heteroatoms. The average Bonchev–Trinajstić information content (AvgIpc) is 2.94. The van der Waals surface area contributed by atoms with Crippen molar-refractivity contribution in [2.75, 3.05) is 0 Å². The molecule has 0 fully saturated rings. The highest BCUT2D eigenvalue weighted by atomic mass is 35.5. The minimum atomic E-state index is -0.652. The molecule has 0 spiro atoms. The maximum atomic E-state index is 13.2. The largest absolute Gasteiger partial charge is 0.489 e. The van der Waals surface area contributed by atoms with Gasteiger partial charge in [-0.05, 0) is 48.2 Å². The number of nitrogens with zero attached hydrogens (tertiary/aromatic N) is 3. The zero-order valence-corrected chi connectivity index (χ0v) is 21.1. The van der Waals surface area contributed by atoms with Gasteiger partial charge in [0.2, 0.25) is 0 Å². The second-order valence-corrected chi connectivity index (χ2v) is 9.30. The number of pyridine rings is 1. The number of allylic oxidation sites excluding steroid dienone is 3. The van der Waals surface area contributed by atoms with Crippen LogP contribution in [0.15, 0.2) is 95.6 Å². The van der Waals surface area contributed by atoms with E-state index in [1.165, 1.54) is 17.3 Å². The quantitative estimate of drug-likeness (QED) is 0.445. The molecule has 0 saturated carbocycles. The molecule has 3 N–H and O–H groups in total. The zero-order valence-electron chi connectivity index (χ0n) is 20.4. The van der Waals surface area contributed by atoms with Gasteiger partial charge in [0.05, 0.1) is 23.1 Å². The number of halogens is 1. The summed E-state index contributed by atoms with van der Waals surface area (Å²) in [6.07, 6.45) is 2.94. The lowest BCUT2D eigenvalue weighted by molar-refractivity contribution is -0.116. The number of hydrogen-bond donors (Lipinski definition) is 2. The number of carbonyl (C=O) groups is 2. The molecular weight excluding hydrogens is 502 g/mol. The van der Waals surface area contributed by atoms with Crippen LogP contribution in [0.1, 0.15) is 46.7 Å². The topological polar surface area (TPSA) is 121 Å². The predicted octanol–water partition coefficient (Wildman–Crippen LogP) is 4.76. The fourth-order valence-electron chi connectivity index (χ4n) is 4.76. The van der Waals surface area contributed by atoms with E-state index < -0.39 is 11.8 Å². The number of amides is 1. The van der Waals surface area contributed by atoms with Crippen LogP contribution in [0, 0.1) is 11.3 Å². The normalized spacial score (nSPS) is 17.1. The summed E-state index contributed by atoms with van der Waals surface area (Å²) in [6, 6.07) is 22.4. The van der Waals surface area contributed by atoms with Crippen LogP contribution in [0.5, 0.6) is 5.75 Å². The Hall–Kier alpha value is -4.61. The van der Waals surface area contributed by atoms with Gasteiger partial charge in [-0.3, -0.25) is 15.0 Å². The van der Waals surface area contributed by atoms with Crippen LogP contribution < -0.4 is 15.9 Å². The van der Waals surface area contributed by atoms with Crippen LogP contribution in [0.2, 0.25) is 5.15 Å². The summed E-state index contributed by atoms with van der Waals surface area (Å²) in [6.45, 7) is 0.420. The van der Waals surface area contributed by atoms with Crippen molar-refractivity contribution in [1.82, 2.24) is 15.4 Å². The first-order chi connectivity index (χ1) is 18.5. The SMILES string of the molecule is N#CC1=C(N)N(NC(=O)c2cccnc2Cl)C2=C(C(=O)CCC2)C1c1ccc(OCc2ccccc2)cc1. The summed E-state index contributed by atoms with van der Waals surface area (Å²) >= 11 is 6.10.